The summed E-state index contributed by atoms with van der Waals surface area (Å²) >= 11 is 17.7. The van der Waals surface area contributed by atoms with Crippen LogP contribution in [0.4, 0.5) is 0 Å². The number of aromatic nitrogens is 1. The van der Waals surface area contributed by atoms with Crippen LogP contribution in [0.5, 0.6) is 11.5 Å². The molecule has 0 aliphatic rings. The first kappa shape index (κ1) is 17.9. The molecule has 0 atom stereocenters. The Kier molecular flexibility index (Phi) is 5.42. The number of ether oxygens (including phenoxy) is 1. The number of alkyl halides is 1. The smallest absolute Gasteiger partial charge is 0.231 e. The average Bonchev–Trinajstić information content (AvgIpc) is 2.59. The van der Waals surface area contributed by atoms with Crippen LogP contribution in [-0.2, 0) is 0 Å². The van der Waals surface area contributed by atoms with Crippen molar-refractivity contribution in [3.63, 3.8) is 0 Å². The van der Waals surface area contributed by atoms with Gasteiger partial charge in [0.25, 0.3) is 0 Å². The molecule has 1 heterocycles. The van der Waals surface area contributed by atoms with Crippen LogP contribution in [0.25, 0.3) is 22.2 Å². The standard InChI is InChI=1S/C18H14Cl3NO3/c19-6-1-7-25-12-4-2-10(3-5-12)15-18(24)17(23)13-8-11(20)9-14(21)16(13)22-15/h2-5,8-9,24H,1,6-7H2,(H,22,23). The van der Waals surface area contributed by atoms with Crippen molar-refractivity contribution in [2.24, 2.45) is 0 Å². The molecule has 0 amide bonds. The molecule has 1 aromatic heterocycles. The topological polar surface area (TPSA) is 62.3 Å². The molecule has 0 unspecified atom stereocenters. The van der Waals surface area contributed by atoms with E-state index >= 15 is 0 Å². The molecule has 7 heteroatoms. The van der Waals surface area contributed by atoms with Crippen LogP contribution in [0.2, 0.25) is 10.0 Å². The van der Waals surface area contributed by atoms with Gasteiger partial charge >= 0.3 is 0 Å². The summed E-state index contributed by atoms with van der Waals surface area (Å²) in [6.45, 7) is 0.525. The van der Waals surface area contributed by atoms with Gasteiger partial charge in [-0.1, -0.05) is 23.2 Å². The normalized spacial score (nSPS) is 11.0. The quantitative estimate of drug-likeness (QED) is 0.458. The Hall–Kier alpha value is -1.88. The highest BCUT2D eigenvalue weighted by Gasteiger charge is 2.15. The van der Waals surface area contributed by atoms with E-state index in [1.165, 1.54) is 12.1 Å². The summed E-state index contributed by atoms with van der Waals surface area (Å²) < 4.78 is 5.54. The first-order valence-electron chi connectivity index (χ1n) is 7.54. The van der Waals surface area contributed by atoms with Crippen LogP contribution in [0, 0.1) is 0 Å². The molecule has 130 valence electrons. The Labute approximate surface area is 158 Å². The first-order valence-corrected chi connectivity index (χ1v) is 8.83. The number of nitrogens with one attached hydrogen (secondary N) is 1. The van der Waals surface area contributed by atoms with Gasteiger partial charge in [-0.05, 0) is 42.8 Å². The lowest BCUT2D eigenvalue weighted by molar-refractivity contribution is 0.318. The predicted octanol–water partition coefficient (Wildman–Crippen LogP) is 5.22. The SMILES string of the molecule is O=c1c(O)c(-c2ccc(OCCCCl)cc2)[nH]c2c(Cl)cc(Cl)cc12. The summed E-state index contributed by atoms with van der Waals surface area (Å²) in [5.41, 5.74) is 0.808. The Morgan fingerprint density at radius 2 is 1.84 bits per heavy atom. The predicted molar refractivity (Wildman–Crippen MR) is 103 cm³/mol. The van der Waals surface area contributed by atoms with E-state index in [1.807, 2.05) is 0 Å². The van der Waals surface area contributed by atoms with Gasteiger partial charge in [0.2, 0.25) is 5.43 Å². The van der Waals surface area contributed by atoms with Gasteiger partial charge < -0.3 is 14.8 Å². The van der Waals surface area contributed by atoms with E-state index in [1.54, 1.807) is 24.3 Å². The fourth-order valence-electron chi connectivity index (χ4n) is 2.48. The van der Waals surface area contributed by atoms with Crippen molar-refractivity contribution in [1.29, 1.82) is 0 Å². The number of pyridine rings is 1. The lowest BCUT2D eigenvalue weighted by Gasteiger charge is -2.10. The van der Waals surface area contributed by atoms with Crippen molar-refractivity contribution in [2.45, 2.75) is 6.42 Å². The van der Waals surface area contributed by atoms with E-state index in [9.17, 15) is 9.90 Å². The largest absolute Gasteiger partial charge is 0.503 e. The molecule has 3 aromatic rings. The van der Waals surface area contributed by atoms with Crippen LogP contribution >= 0.6 is 34.8 Å². The van der Waals surface area contributed by atoms with Crippen molar-refractivity contribution in [3.05, 3.63) is 56.7 Å². The number of hydrogen-bond acceptors (Lipinski definition) is 3. The van der Waals surface area contributed by atoms with Gasteiger partial charge in [0.1, 0.15) is 5.75 Å². The minimum Gasteiger partial charge on any atom is -0.503 e. The van der Waals surface area contributed by atoms with Gasteiger partial charge in [-0.25, -0.2) is 0 Å². The highest BCUT2D eigenvalue weighted by molar-refractivity contribution is 6.38. The zero-order chi connectivity index (χ0) is 18.0. The highest BCUT2D eigenvalue weighted by Crippen LogP contribution is 2.32. The molecule has 2 N–H and O–H groups in total. The average molecular weight is 399 g/mol. The molecule has 2 aromatic carbocycles. The summed E-state index contributed by atoms with van der Waals surface area (Å²) in [6.07, 6.45) is 0.753. The Morgan fingerprint density at radius 3 is 2.52 bits per heavy atom. The molecular formula is C18H14Cl3NO3. The lowest BCUT2D eigenvalue weighted by atomic mass is 10.1. The number of aromatic hydroxyl groups is 1. The maximum atomic E-state index is 12.4. The molecule has 0 saturated carbocycles. The molecular weight excluding hydrogens is 385 g/mol. The number of H-pyrrole nitrogens is 1. The van der Waals surface area contributed by atoms with Crippen molar-refractivity contribution in [3.8, 4) is 22.8 Å². The van der Waals surface area contributed by atoms with Gasteiger partial charge in [-0.2, -0.15) is 0 Å². The van der Waals surface area contributed by atoms with Gasteiger partial charge in [0.15, 0.2) is 5.75 Å². The third-order valence-corrected chi connectivity index (χ3v) is 4.47. The number of hydrogen-bond donors (Lipinski definition) is 2. The van der Waals surface area contributed by atoms with Gasteiger partial charge in [-0.3, -0.25) is 4.79 Å². The second-order valence-corrected chi connectivity index (χ2v) is 6.62. The van der Waals surface area contributed by atoms with E-state index < -0.39 is 5.43 Å². The summed E-state index contributed by atoms with van der Waals surface area (Å²) in [7, 11) is 0. The third kappa shape index (κ3) is 3.71. The molecule has 0 aliphatic heterocycles. The molecule has 25 heavy (non-hydrogen) atoms. The molecule has 0 bridgehead atoms. The number of fused-ring (bicyclic) bond motifs is 1. The maximum Gasteiger partial charge on any atom is 0.231 e. The van der Waals surface area contributed by atoms with Crippen LogP contribution in [0.3, 0.4) is 0 Å². The van der Waals surface area contributed by atoms with Crippen LogP contribution in [0.15, 0.2) is 41.2 Å². The van der Waals surface area contributed by atoms with Gasteiger partial charge in [0, 0.05) is 16.5 Å². The molecule has 0 saturated heterocycles. The van der Waals surface area contributed by atoms with Crippen molar-refractivity contribution >= 4 is 45.7 Å². The molecule has 0 radical (unpaired) electrons. The van der Waals surface area contributed by atoms with Gasteiger partial charge in [0.05, 0.1) is 28.2 Å². The fraction of sp³-hybridized carbons (Fsp3) is 0.167. The lowest BCUT2D eigenvalue weighted by Crippen LogP contribution is -2.05. The Morgan fingerprint density at radius 1 is 1.12 bits per heavy atom. The minimum atomic E-state index is -0.532. The zero-order valence-corrected chi connectivity index (χ0v) is 15.3. The zero-order valence-electron chi connectivity index (χ0n) is 13.0. The van der Waals surface area contributed by atoms with Crippen LogP contribution < -0.4 is 10.2 Å². The Bertz CT molecular complexity index is 968. The van der Waals surface area contributed by atoms with E-state index in [-0.39, 0.29) is 16.8 Å². The van der Waals surface area contributed by atoms with Crippen molar-refractivity contribution in [2.75, 3.05) is 12.5 Å². The molecule has 0 aliphatic carbocycles. The first-order chi connectivity index (χ1) is 12.0. The highest BCUT2D eigenvalue weighted by atomic mass is 35.5. The summed E-state index contributed by atoms with van der Waals surface area (Å²) in [6, 6.07) is 10.0. The number of aromatic amines is 1. The summed E-state index contributed by atoms with van der Waals surface area (Å²) in [5.74, 6) is 0.831. The maximum absolute atomic E-state index is 12.4. The molecule has 4 nitrogen and oxygen atoms in total. The minimum absolute atomic E-state index is 0.236. The number of halogens is 3. The van der Waals surface area contributed by atoms with E-state index in [4.69, 9.17) is 39.5 Å². The molecule has 0 fully saturated rings. The number of benzene rings is 2. The second kappa shape index (κ2) is 7.56. The van der Waals surface area contributed by atoms with E-state index in [2.05, 4.69) is 4.98 Å². The molecule has 0 spiro atoms. The van der Waals surface area contributed by atoms with E-state index in [0.29, 0.717) is 39.4 Å². The second-order valence-electron chi connectivity index (χ2n) is 5.40. The Balaban J connectivity index is 2.04. The monoisotopic (exact) mass is 397 g/mol. The van der Waals surface area contributed by atoms with Crippen molar-refractivity contribution in [1.82, 2.24) is 4.98 Å². The summed E-state index contributed by atoms with van der Waals surface area (Å²) in [4.78, 5) is 15.5. The van der Waals surface area contributed by atoms with Crippen LogP contribution in [-0.4, -0.2) is 22.6 Å². The fourth-order valence-corrected chi connectivity index (χ4v) is 3.13. The van der Waals surface area contributed by atoms with Gasteiger partial charge in [-0.15, -0.1) is 11.6 Å². The van der Waals surface area contributed by atoms with Crippen LogP contribution in [0.1, 0.15) is 6.42 Å². The van der Waals surface area contributed by atoms with Crippen molar-refractivity contribution < 1.29 is 9.84 Å². The van der Waals surface area contributed by atoms with E-state index in [0.717, 1.165) is 6.42 Å². The summed E-state index contributed by atoms with van der Waals surface area (Å²) in [5, 5.41) is 11.2. The third-order valence-electron chi connectivity index (χ3n) is 3.69. The molecule has 3 rings (SSSR count). The number of rotatable bonds is 5.